The molecule has 1 saturated carbocycles. The van der Waals surface area contributed by atoms with Crippen molar-refractivity contribution in [3.8, 4) is 0 Å². The quantitative estimate of drug-likeness (QED) is 0.464. The van der Waals surface area contributed by atoms with Crippen LogP contribution < -0.4 is 16.4 Å². The van der Waals surface area contributed by atoms with Crippen LogP contribution in [-0.4, -0.2) is 24.2 Å². The van der Waals surface area contributed by atoms with Gasteiger partial charge in [-0.3, -0.25) is 0 Å². The number of hydrogen-bond donors (Lipinski definition) is 3. The third-order valence-corrected chi connectivity index (χ3v) is 2.62. The molecular weight excluding hydrogens is 182 g/mol. The fourth-order valence-corrected chi connectivity index (χ4v) is 1.88. The first kappa shape index (κ1) is 10.7. The van der Waals surface area contributed by atoms with E-state index in [1.807, 2.05) is 0 Å². The van der Waals surface area contributed by atoms with Crippen molar-refractivity contribution in [2.75, 3.05) is 13.1 Å². The van der Waals surface area contributed by atoms with Gasteiger partial charge >= 0.3 is 0 Å². The first-order valence-electron chi connectivity index (χ1n) is 5.07. The van der Waals surface area contributed by atoms with Gasteiger partial charge in [0.2, 0.25) is 0 Å². The molecule has 1 aliphatic carbocycles. The summed E-state index contributed by atoms with van der Waals surface area (Å²) >= 11 is 5.14. The van der Waals surface area contributed by atoms with E-state index in [2.05, 4.69) is 10.6 Å². The standard InChI is InChI=1S/C9H19N3S/c10-6-3-7-11-9(13)12-8-4-1-2-5-8/h8H,1-7,10H2,(H2,11,12,13). The first-order chi connectivity index (χ1) is 6.33. The van der Waals surface area contributed by atoms with Gasteiger partial charge in [-0.2, -0.15) is 0 Å². The Balaban J connectivity index is 2.02. The summed E-state index contributed by atoms with van der Waals surface area (Å²) in [6, 6.07) is 0.609. The van der Waals surface area contributed by atoms with Gasteiger partial charge < -0.3 is 16.4 Å². The van der Waals surface area contributed by atoms with Crippen molar-refractivity contribution in [2.24, 2.45) is 5.73 Å². The van der Waals surface area contributed by atoms with Gasteiger partial charge in [-0.25, -0.2) is 0 Å². The summed E-state index contributed by atoms with van der Waals surface area (Å²) in [5.41, 5.74) is 5.37. The molecule has 76 valence electrons. The minimum absolute atomic E-state index is 0.609. The Hall–Kier alpha value is -0.350. The molecule has 0 saturated heterocycles. The SMILES string of the molecule is NCCCNC(=S)NC1CCCC1. The molecule has 0 aromatic heterocycles. The summed E-state index contributed by atoms with van der Waals surface area (Å²) in [6.07, 6.45) is 6.18. The van der Waals surface area contributed by atoms with Gasteiger partial charge in [-0.1, -0.05) is 12.8 Å². The van der Waals surface area contributed by atoms with E-state index in [0.29, 0.717) is 6.04 Å². The van der Waals surface area contributed by atoms with E-state index in [1.54, 1.807) is 0 Å². The molecule has 0 aromatic rings. The molecule has 1 aliphatic rings. The van der Waals surface area contributed by atoms with E-state index < -0.39 is 0 Å². The monoisotopic (exact) mass is 201 g/mol. The van der Waals surface area contributed by atoms with Crippen molar-refractivity contribution in [1.82, 2.24) is 10.6 Å². The molecule has 0 bridgehead atoms. The van der Waals surface area contributed by atoms with Crippen LogP contribution in [0, 0.1) is 0 Å². The maximum atomic E-state index is 5.37. The zero-order valence-corrected chi connectivity index (χ0v) is 8.83. The van der Waals surface area contributed by atoms with Gasteiger partial charge in [-0.15, -0.1) is 0 Å². The van der Waals surface area contributed by atoms with Crippen LogP contribution in [0.25, 0.3) is 0 Å². The number of nitrogens with two attached hydrogens (primary N) is 1. The lowest BCUT2D eigenvalue weighted by molar-refractivity contribution is 0.619. The summed E-state index contributed by atoms with van der Waals surface area (Å²) in [4.78, 5) is 0. The Kier molecular flexibility index (Phi) is 5.08. The highest BCUT2D eigenvalue weighted by atomic mass is 32.1. The van der Waals surface area contributed by atoms with Crippen molar-refractivity contribution in [1.29, 1.82) is 0 Å². The van der Waals surface area contributed by atoms with Crippen molar-refractivity contribution in [2.45, 2.75) is 38.1 Å². The molecule has 0 aliphatic heterocycles. The van der Waals surface area contributed by atoms with E-state index in [1.165, 1.54) is 25.7 Å². The minimum atomic E-state index is 0.609. The van der Waals surface area contributed by atoms with Crippen LogP contribution in [0.5, 0.6) is 0 Å². The summed E-state index contributed by atoms with van der Waals surface area (Å²) in [7, 11) is 0. The lowest BCUT2D eigenvalue weighted by Gasteiger charge is -2.15. The number of rotatable bonds is 4. The van der Waals surface area contributed by atoms with Crippen molar-refractivity contribution < 1.29 is 0 Å². The molecule has 0 radical (unpaired) electrons. The number of hydrogen-bond acceptors (Lipinski definition) is 2. The van der Waals surface area contributed by atoms with Gasteiger partial charge in [0.25, 0.3) is 0 Å². The van der Waals surface area contributed by atoms with E-state index >= 15 is 0 Å². The van der Waals surface area contributed by atoms with Crippen molar-refractivity contribution in [3.05, 3.63) is 0 Å². The Morgan fingerprint density at radius 1 is 1.38 bits per heavy atom. The molecule has 0 atom stereocenters. The highest BCUT2D eigenvalue weighted by Crippen LogP contribution is 2.17. The van der Waals surface area contributed by atoms with Crippen LogP contribution in [0.15, 0.2) is 0 Å². The smallest absolute Gasteiger partial charge is 0.166 e. The average Bonchev–Trinajstić information content (AvgIpc) is 2.57. The van der Waals surface area contributed by atoms with Crippen molar-refractivity contribution >= 4 is 17.3 Å². The molecule has 4 heteroatoms. The molecule has 13 heavy (non-hydrogen) atoms. The highest BCUT2D eigenvalue weighted by Gasteiger charge is 2.14. The van der Waals surface area contributed by atoms with Gasteiger partial charge in [0.1, 0.15) is 0 Å². The van der Waals surface area contributed by atoms with Crippen LogP contribution in [0.4, 0.5) is 0 Å². The third-order valence-electron chi connectivity index (χ3n) is 2.36. The van der Waals surface area contributed by atoms with Crippen LogP contribution >= 0.6 is 12.2 Å². The third kappa shape index (κ3) is 4.43. The molecule has 0 amide bonds. The maximum absolute atomic E-state index is 5.37. The van der Waals surface area contributed by atoms with E-state index in [4.69, 9.17) is 18.0 Å². The van der Waals surface area contributed by atoms with Gasteiger partial charge in [0.05, 0.1) is 0 Å². The Labute approximate surface area is 85.5 Å². The topological polar surface area (TPSA) is 50.1 Å². The predicted molar refractivity (Wildman–Crippen MR) is 59.7 cm³/mol. The predicted octanol–water partition coefficient (Wildman–Crippen LogP) is 0.742. The van der Waals surface area contributed by atoms with Crippen LogP contribution in [-0.2, 0) is 0 Å². The van der Waals surface area contributed by atoms with Gasteiger partial charge in [0, 0.05) is 12.6 Å². The van der Waals surface area contributed by atoms with Crippen LogP contribution in [0.2, 0.25) is 0 Å². The van der Waals surface area contributed by atoms with E-state index in [-0.39, 0.29) is 0 Å². The fraction of sp³-hybridized carbons (Fsp3) is 0.889. The lowest BCUT2D eigenvalue weighted by atomic mass is 10.3. The zero-order chi connectivity index (χ0) is 9.52. The second kappa shape index (κ2) is 6.16. The Bertz CT molecular complexity index is 155. The Morgan fingerprint density at radius 3 is 2.69 bits per heavy atom. The second-order valence-corrected chi connectivity index (χ2v) is 3.93. The lowest BCUT2D eigenvalue weighted by Crippen LogP contribution is -2.41. The van der Waals surface area contributed by atoms with Gasteiger partial charge in [0.15, 0.2) is 5.11 Å². The molecule has 3 nitrogen and oxygen atoms in total. The largest absolute Gasteiger partial charge is 0.363 e. The number of thiocarbonyl (C=S) groups is 1. The first-order valence-corrected chi connectivity index (χ1v) is 5.48. The summed E-state index contributed by atoms with van der Waals surface area (Å²) in [6.45, 7) is 1.61. The van der Waals surface area contributed by atoms with Gasteiger partial charge in [-0.05, 0) is 38.0 Å². The fourth-order valence-electron chi connectivity index (χ4n) is 1.61. The van der Waals surface area contributed by atoms with Crippen LogP contribution in [0.3, 0.4) is 0 Å². The molecule has 0 heterocycles. The second-order valence-electron chi connectivity index (χ2n) is 3.52. The average molecular weight is 201 g/mol. The minimum Gasteiger partial charge on any atom is -0.363 e. The van der Waals surface area contributed by atoms with Crippen LogP contribution in [0.1, 0.15) is 32.1 Å². The normalized spacial score (nSPS) is 17.3. The Morgan fingerprint density at radius 2 is 2.08 bits per heavy atom. The molecule has 0 spiro atoms. The molecule has 1 fully saturated rings. The van der Waals surface area contributed by atoms with E-state index in [9.17, 15) is 0 Å². The van der Waals surface area contributed by atoms with E-state index in [0.717, 1.165) is 24.6 Å². The number of nitrogens with one attached hydrogen (secondary N) is 2. The molecule has 1 rings (SSSR count). The van der Waals surface area contributed by atoms with Crippen molar-refractivity contribution in [3.63, 3.8) is 0 Å². The molecular formula is C9H19N3S. The molecule has 0 unspecified atom stereocenters. The summed E-state index contributed by atoms with van der Waals surface area (Å²) in [5, 5.41) is 7.26. The molecule has 0 aromatic carbocycles. The zero-order valence-electron chi connectivity index (χ0n) is 8.01. The summed E-state index contributed by atoms with van der Waals surface area (Å²) in [5.74, 6) is 0. The summed E-state index contributed by atoms with van der Waals surface area (Å²) < 4.78 is 0. The highest BCUT2D eigenvalue weighted by molar-refractivity contribution is 7.80. The molecule has 4 N–H and O–H groups in total. The maximum Gasteiger partial charge on any atom is 0.166 e.